The lowest BCUT2D eigenvalue weighted by Crippen LogP contribution is -3.13. The largest absolute Gasteiger partial charge is 0.435 e. The van der Waals surface area contributed by atoms with E-state index in [9.17, 15) is 4.39 Å². The molecule has 4 rings (SSSR count). The van der Waals surface area contributed by atoms with Crippen LogP contribution in [-0.4, -0.2) is 31.2 Å². The maximum atomic E-state index is 13.0. The van der Waals surface area contributed by atoms with Crippen molar-refractivity contribution in [2.24, 2.45) is 0 Å². The summed E-state index contributed by atoms with van der Waals surface area (Å²) in [6.45, 7) is 4.73. The lowest BCUT2D eigenvalue weighted by Gasteiger charge is -2.33. The predicted octanol–water partition coefficient (Wildman–Crippen LogP) is 3.04. The maximum Gasteiger partial charge on any atom is 0.250 e. The van der Waals surface area contributed by atoms with Gasteiger partial charge in [0.05, 0.1) is 32.4 Å². The molecule has 0 unspecified atom stereocenters. The van der Waals surface area contributed by atoms with Crippen LogP contribution >= 0.6 is 11.6 Å². The van der Waals surface area contributed by atoms with Crippen molar-refractivity contribution >= 4 is 17.3 Å². The summed E-state index contributed by atoms with van der Waals surface area (Å²) in [5.74, 6) is 1.14. The van der Waals surface area contributed by atoms with Crippen LogP contribution in [0.15, 0.2) is 59.1 Å². The molecule has 1 saturated heterocycles. The predicted molar refractivity (Wildman–Crippen MR) is 100.0 cm³/mol. The van der Waals surface area contributed by atoms with Crippen LogP contribution in [0.4, 0.5) is 10.1 Å². The number of hydrogen-bond acceptors (Lipinski definition) is 3. The minimum atomic E-state index is -0.254. The summed E-state index contributed by atoms with van der Waals surface area (Å²) in [5, 5.41) is 0.769. The second-order valence-corrected chi connectivity index (χ2v) is 6.96. The number of oxazole rings is 1. The van der Waals surface area contributed by atoms with Gasteiger partial charge in [-0.25, -0.2) is 9.37 Å². The number of hydrogen-bond donors (Lipinski definition) is 1. The standard InChI is InChI=1S/C20H19ClFN3O/c21-16-2-1-3-18(12-16)25-10-8-24(9-11-25)14-20-23-13-19(26-20)15-4-6-17(22)7-5-15/h1-7,12-13H,8-11,14H2/p+1. The molecule has 0 atom stereocenters. The van der Waals surface area contributed by atoms with Gasteiger partial charge >= 0.3 is 0 Å². The van der Waals surface area contributed by atoms with E-state index < -0.39 is 0 Å². The Morgan fingerprint density at radius 2 is 1.88 bits per heavy atom. The minimum Gasteiger partial charge on any atom is -0.435 e. The average molecular weight is 373 g/mol. The number of piperazine rings is 1. The molecule has 1 aliphatic rings. The van der Waals surface area contributed by atoms with Crippen LogP contribution < -0.4 is 9.80 Å². The summed E-state index contributed by atoms with van der Waals surface area (Å²) >= 11 is 6.09. The first-order valence-electron chi connectivity index (χ1n) is 8.72. The molecule has 3 aromatic rings. The molecular formula is C20H20ClFN3O+. The Hall–Kier alpha value is -2.37. The summed E-state index contributed by atoms with van der Waals surface area (Å²) in [7, 11) is 0. The number of nitrogens with one attached hydrogen (secondary N) is 1. The number of aromatic nitrogens is 1. The van der Waals surface area contributed by atoms with Gasteiger partial charge in [-0.05, 0) is 42.5 Å². The smallest absolute Gasteiger partial charge is 0.250 e. The second kappa shape index (κ2) is 7.48. The highest BCUT2D eigenvalue weighted by Crippen LogP contribution is 2.21. The molecule has 6 heteroatoms. The van der Waals surface area contributed by atoms with Crippen molar-refractivity contribution in [1.82, 2.24) is 4.98 Å². The Balaban J connectivity index is 1.35. The van der Waals surface area contributed by atoms with Crippen molar-refractivity contribution in [2.75, 3.05) is 31.1 Å². The van der Waals surface area contributed by atoms with Crippen molar-refractivity contribution < 1.29 is 13.7 Å². The maximum absolute atomic E-state index is 13.0. The molecule has 2 heterocycles. The monoisotopic (exact) mass is 372 g/mol. The Morgan fingerprint density at radius 1 is 1.12 bits per heavy atom. The average Bonchev–Trinajstić information content (AvgIpc) is 3.11. The molecule has 4 nitrogen and oxygen atoms in total. The van der Waals surface area contributed by atoms with Gasteiger partial charge in [0.15, 0.2) is 12.3 Å². The first-order chi connectivity index (χ1) is 12.7. The summed E-state index contributed by atoms with van der Waals surface area (Å²) in [5.41, 5.74) is 2.01. The van der Waals surface area contributed by atoms with Gasteiger partial charge in [-0.3, -0.25) is 0 Å². The molecule has 0 bridgehead atoms. The van der Waals surface area contributed by atoms with Gasteiger partial charge in [0.25, 0.3) is 5.89 Å². The third-order valence-corrected chi connectivity index (χ3v) is 4.96. The van der Waals surface area contributed by atoms with Gasteiger partial charge < -0.3 is 14.2 Å². The minimum absolute atomic E-state index is 0.254. The van der Waals surface area contributed by atoms with E-state index in [0.29, 0.717) is 5.76 Å². The molecule has 26 heavy (non-hydrogen) atoms. The number of rotatable bonds is 4. The van der Waals surface area contributed by atoms with Crippen molar-refractivity contribution in [3.05, 3.63) is 71.5 Å². The van der Waals surface area contributed by atoms with Crippen LogP contribution in [0.5, 0.6) is 0 Å². The fraction of sp³-hybridized carbons (Fsp3) is 0.250. The Labute approximate surface area is 156 Å². The highest BCUT2D eigenvalue weighted by atomic mass is 35.5. The molecule has 1 N–H and O–H groups in total. The molecule has 1 aliphatic heterocycles. The van der Waals surface area contributed by atoms with Gasteiger partial charge in [-0.2, -0.15) is 0 Å². The van der Waals surface area contributed by atoms with E-state index in [-0.39, 0.29) is 5.82 Å². The van der Waals surface area contributed by atoms with E-state index in [1.54, 1.807) is 18.3 Å². The van der Waals surface area contributed by atoms with E-state index in [2.05, 4.69) is 16.0 Å². The fourth-order valence-electron chi connectivity index (χ4n) is 3.28. The van der Waals surface area contributed by atoms with Gasteiger partial charge in [-0.1, -0.05) is 17.7 Å². The van der Waals surface area contributed by atoms with Crippen LogP contribution in [0.25, 0.3) is 11.3 Å². The summed E-state index contributed by atoms with van der Waals surface area (Å²) in [6, 6.07) is 14.3. The Kier molecular flexibility index (Phi) is 4.91. The summed E-state index contributed by atoms with van der Waals surface area (Å²) in [4.78, 5) is 8.18. The lowest BCUT2D eigenvalue weighted by molar-refractivity contribution is -0.915. The summed E-state index contributed by atoms with van der Waals surface area (Å²) in [6.07, 6.45) is 1.71. The zero-order chi connectivity index (χ0) is 17.9. The SMILES string of the molecule is Fc1ccc(-c2cnc(C[NH+]3CCN(c4cccc(Cl)c4)CC3)o2)cc1. The van der Waals surface area contributed by atoms with Crippen LogP contribution in [0.1, 0.15) is 5.89 Å². The Bertz CT molecular complexity index is 873. The van der Waals surface area contributed by atoms with Crippen LogP contribution in [-0.2, 0) is 6.54 Å². The fourth-order valence-corrected chi connectivity index (χ4v) is 3.47. The van der Waals surface area contributed by atoms with E-state index >= 15 is 0 Å². The lowest BCUT2D eigenvalue weighted by atomic mass is 10.2. The highest BCUT2D eigenvalue weighted by molar-refractivity contribution is 6.30. The number of quaternary nitrogens is 1. The van der Waals surface area contributed by atoms with Gasteiger partial charge in [-0.15, -0.1) is 0 Å². The van der Waals surface area contributed by atoms with E-state index in [1.165, 1.54) is 22.7 Å². The molecule has 0 amide bonds. The first-order valence-corrected chi connectivity index (χ1v) is 9.10. The molecule has 2 aromatic carbocycles. The zero-order valence-electron chi connectivity index (χ0n) is 14.3. The number of anilines is 1. The molecule has 0 aliphatic carbocycles. The number of halogens is 2. The first kappa shape index (κ1) is 17.1. The normalized spacial score (nSPS) is 15.4. The quantitative estimate of drug-likeness (QED) is 0.764. The van der Waals surface area contributed by atoms with Gasteiger partial charge in [0.2, 0.25) is 0 Å². The van der Waals surface area contributed by atoms with Crippen molar-refractivity contribution in [1.29, 1.82) is 0 Å². The molecule has 0 radical (unpaired) electrons. The molecule has 0 spiro atoms. The van der Waals surface area contributed by atoms with Crippen molar-refractivity contribution in [3.63, 3.8) is 0 Å². The number of benzene rings is 2. The van der Waals surface area contributed by atoms with Crippen LogP contribution in [0.2, 0.25) is 5.02 Å². The van der Waals surface area contributed by atoms with Crippen LogP contribution in [0.3, 0.4) is 0 Å². The third-order valence-electron chi connectivity index (χ3n) is 4.73. The highest BCUT2D eigenvalue weighted by Gasteiger charge is 2.22. The zero-order valence-corrected chi connectivity index (χ0v) is 15.0. The molecule has 1 aromatic heterocycles. The van der Waals surface area contributed by atoms with E-state index in [1.807, 2.05) is 18.2 Å². The van der Waals surface area contributed by atoms with E-state index in [4.69, 9.17) is 16.0 Å². The van der Waals surface area contributed by atoms with E-state index in [0.717, 1.165) is 49.2 Å². The van der Waals surface area contributed by atoms with Crippen LogP contribution in [0, 0.1) is 5.82 Å². The molecule has 0 saturated carbocycles. The second-order valence-electron chi connectivity index (χ2n) is 6.52. The molecule has 134 valence electrons. The van der Waals surface area contributed by atoms with Crippen molar-refractivity contribution in [3.8, 4) is 11.3 Å². The summed E-state index contributed by atoms with van der Waals surface area (Å²) < 4.78 is 18.9. The molecular weight excluding hydrogens is 353 g/mol. The van der Waals surface area contributed by atoms with Gasteiger partial charge in [0.1, 0.15) is 5.82 Å². The topological polar surface area (TPSA) is 33.7 Å². The van der Waals surface area contributed by atoms with Gasteiger partial charge in [0, 0.05) is 16.3 Å². The van der Waals surface area contributed by atoms with Crippen molar-refractivity contribution in [2.45, 2.75) is 6.54 Å². The Morgan fingerprint density at radius 3 is 2.62 bits per heavy atom. The molecule has 1 fully saturated rings. The third kappa shape index (κ3) is 3.89. The number of nitrogens with zero attached hydrogens (tertiary/aromatic N) is 2.